The Hall–Kier alpha value is -1.61. The van der Waals surface area contributed by atoms with Gasteiger partial charge in [0, 0.05) is 25.7 Å². The van der Waals surface area contributed by atoms with Gasteiger partial charge in [-0.15, -0.1) is 0 Å². The van der Waals surface area contributed by atoms with Crippen molar-refractivity contribution in [3.8, 4) is 0 Å². The Labute approximate surface area is 150 Å². The summed E-state index contributed by atoms with van der Waals surface area (Å²) in [6.07, 6.45) is 3.72. The zero-order valence-electron chi connectivity index (χ0n) is 12.9. The molecule has 6 nitrogen and oxygen atoms in total. The first kappa shape index (κ1) is 16.3. The fourth-order valence-corrected chi connectivity index (χ4v) is 3.39. The predicted molar refractivity (Wildman–Crippen MR) is 103 cm³/mol. The van der Waals surface area contributed by atoms with Crippen LogP contribution in [0.2, 0.25) is 0 Å². The van der Waals surface area contributed by atoms with E-state index in [1.54, 1.807) is 0 Å². The third kappa shape index (κ3) is 4.03. The average molecular weight is 424 g/mol. The highest BCUT2D eigenvalue weighted by Gasteiger charge is 2.22. The van der Waals surface area contributed by atoms with Gasteiger partial charge in [0.05, 0.1) is 22.9 Å². The molecule has 0 amide bonds. The van der Waals surface area contributed by atoms with Crippen molar-refractivity contribution in [3.05, 3.63) is 42.2 Å². The lowest BCUT2D eigenvalue weighted by Crippen LogP contribution is -2.42. The number of benzene rings is 1. The number of nitrogens with zero attached hydrogens (tertiary/aromatic N) is 3. The molecule has 2 aromatic rings. The number of hydrogen-bond donors (Lipinski definition) is 3. The standard InChI is InChI=1S/C16H21IN6/c17-22-14-15(18)20-11-21-16(14)23-8-6-13(7-9-23)19-10-12-4-2-1-3-5-12/h1-5,11,13,19,22H,6-10H2,(H2,18,20,21). The van der Waals surface area contributed by atoms with Crippen LogP contribution >= 0.6 is 22.9 Å². The van der Waals surface area contributed by atoms with Gasteiger partial charge in [-0.3, -0.25) is 0 Å². The lowest BCUT2D eigenvalue weighted by atomic mass is 10.0. The smallest absolute Gasteiger partial charge is 0.158 e. The molecule has 23 heavy (non-hydrogen) atoms. The lowest BCUT2D eigenvalue weighted by molar-refractivity contribution is 0.413. The van der Waals surface area contributed by atoms with E-state index in [1.807, 2.05) is 6.07 Å². The molecular formula is C16H21IN6. The number of nitrogen functional groups attached to an aromatic ring is 1. The molecule has 1 aliphatic rings. The minimum Gasteiger partial charge on any atom is -0.382 e. The van der Waals surface area contributed by atoms with Crippen molar-refractivity contribution in [3.63, 3.8) is 0 Å². The Balaban J connectivity index is 1.55. The quantitative estimate of drug-likeness (QED) is 0.506. The summed E-state index contributed by atoms with van der Waals surface area (Å²) < 4.78 is 3.08. The van der Waals surface area contributed by atoms with Crippen molar-refractivity contribution < 1.29 is 0 Å². The van der Waals surface area contributed by atoms with Crippen LogP contribution in [0.5, 0.6) is 0 Å². The normalized spacial score (nSPS) is 15.6. The number of hydrogen-bond acceptors (Lipinski definition) is 6. The van der Waals surface area contributed by atoms with Crippen molar-refractivity contribution in [2.24, 2.45) is 0 Å². The summed E-state index contributed by atoms with van der Waals surface area (Å²) in [4.78, 5) is 10.7. The van der Waals surface area contributed by atoms with E-state index in [0.717, 1.165) is 44.0 Å². The molecule has 3 rings (SSSR count). The van der Waals surface area contributed by atoms with Gasteiger partial charge >= 0.3 is 0 Å². The SMILES string of the molecule is Nc1ncnc(N2CCC(NCc3ccccc3)CC2)c1NI. The number of piperidine rings is 1. The van der Waals surface area contributed by atoms with E-state index in [2.05, 4.69) is 70.8 Å². The van der Waals surface area contributed by atoms with E-state index in [1.165, 1.54) is 11.9 Å². The van der Waals surface area contributed by atoms with E-state index >= 15 is 0 Å². The van der Waals surface area contributed by atoms with Gasteiger partial charge in [-0.05, 0) is 18.4 Å². The van der Waals surface area contributed by atoms with Gasteiger partial charge in [-0.1, -0.05) is 30.3 Å². The van der Waals surface area contributed by atoms with Crippen LogP contribution < -0.4 is 19.5 Å². The van der Waals surface area contributed by atoms with Gasteiger partial charge in [0.1, 0.15) is 12.0 Å². The first-order valence-corrected chi connectivity index (χ1v) is 8.85. The lowest BCUT2D eigenvalue weighted by Gasteiger charge is -2.34. The van der Waals surface area contributed by atoms with Gasteiger partial charge in [0.15, 0.2) is 11.6 Å². The summed E-state index contributed by atoms with van der Waals surface area (Å²) in [5, 5.41) is 3.65. The molecule has 0 bridgehead atoms. The van der Waals surface area contributed by atoms with Crippen molar-refractivity contribution in [1.29, 1.82) is 0 Å². The van der Waals surface area contributed by atoms with Crippen LogP contribution in [-0.2, 0) is 6.54 Å². The molecule has 7 heteroatoms. The van der Waals surface area contributed by atoms with Crippen molar-refractivity contribution >= 4 is 40.2 Å². The summed E-state index contributed by atoms with van der Waals surface area (Å²) in [6.45, 7) is 2.86. The van der Waals surface area contributed by atoms with E-state index in [0.29, 0.717) is 11.9 Å². The van der Waals surface area contributed by atoms with E-state index < -0.39 is 0 Å². The zero-order chi connectivity index (χ0) is 16.1. The van der Waals surface area contributed by atoms with Crippen molar-refractivity contribution in [2.75, 3.05) is 27.3 Å². The average Bonchev–Trinajstić information content (AvgIpc) is 2.61. The molecule has 4 N–H and O–H groups in total. The minimum absolute atomic E-state index is 0.494. The Morgan fingerprint density at radius 3 is 2.61 bits per heavy atom. The molecule has 1 aromatic heterocycles. The van der Waals surface area contributed by atoms with Crippen molar-refractivity contribution in [1.82, 2.24) is 15.3 Å². The van der Waals surface area contributed by atoms with Gasteiger partial charge in [-0.25, -0.2) is 9.97 Å². The fourth-order valence-electron chi connectivity index (χ4n) is 2.87. The predicted octanol–water partition coefficient (Wildman–Crippen LogP) is 2.58. The second-order valence-electron chi connectivity index (χ2n) is 5.68. The molecule has 0 unspecified atom stereocenters. The molecular weight excluding hydrogens is 403 g/mol. The van der Waals surface area contributed by atoms with Crippen LogP contribution in [0.1, 0.15) is 18.4 Å². The Bertz CT molecular complexity index is 628. The van der Waals surface area contributed by atoms with Crippen LogP contribution in [0.4, 0.5) is 17.3 Å². The van der Waals surface area contributed by atoms with Gasteiger partial charge in [0.25, 0.3) is 0 Å². The minimum atomic E-state index is 0.494. The van der Waals surface area contributed by atoms with E-state index in [4.69, 9.17) is 5.73 Å². The molecule has 122 valence electrons. The van der Waals surface area contributed by atoms with Crippen LogP contribution in [0.3, 0.4) is 0 Å². The molecule has 0 saturated carbocycles. The van der Waals surface area contributed by atoms with Gasteiger partial charge in [-0.2, -0.15) is 0 Å². The topological polar surface area (TPSA) is 79.1 Å². The van der Waals surface area contributed by atoms with Crippen LogP contribution in [0, 0.1) is 0 Å². The van der Waals surface area contributed by atoms with Crippen LogP contribution in [0.25, 0.3) is 0 Å². The fraction of sp³-hybridized carbons (Fsp3) is 0.375. The first-order valence-electron chi connectivity index (χ1n) is 7.77. The molecule has 1 saturated heterocycles. The highest BCUT2D eigenvalue weighted by molar-refractivity contribution is 14.1. The number of nitrogens with two attached hydrogens (primary N) is 1. The summed E-state index contributed by atoms with van der Waals surface area (Å²) in [6, 6.07) is 11.1. The zero-order valence-corrected chi connectivity index (χ0v) is 15.0. The van der Waals surface area contributed by atoms with E-state index in [-0.39, 0.29) is 0 Å². The Morgan fingerprint density at radius 2 is 1.91 bits per heavy atom. The first-order chi connectivity index (χ1) is 11.3. The third-order valence-electron chi connectivity index (χ3n) is 4.18. The number of halogens is 1. The molecule has 1 fully saturated rings. The van der Waals surface area contributed by atoms with Gasteiger partial charge < -0.3 is 19.5 Å². The number of rotatable bonds is 5. The van der Waals surface area contributed by atoms with Crippen molar-refractivity contribution in [2.45, 2.75) is 25.4 Å². The maximum atomic E-state index is 5.92. The molecule has 0 atom stereocenters. The summed E-state index contributed by atoms with van der Waals surface area (Å²) >= 11 is 2.08. The molecule has 0 aliphatic carbocycles. The Morgan fingerprint density at radius 1 is 1.17 bits per heavy atom. The second-order valence-corrected chi connectivity index (χ2v) is 6.22. The largest absolute Gasteiger partial charge is 0.382 e. The van der Waals surface area contributed by atoms with E-state index in [9.17, 15) is 0 Å². The molecule has 0 radical (unpaired) electrons. The molecule has 0 spiro atoms. The Kier molecular flexibility index (Phi) is 5.50. The second kappa shape index (κ2) is 7.78. The molecule has 1 aliphatic heterocycles. The summed E-state index contributed by atoms with van der Waals surface area (Å²) in [5.41, 5.74) is 8.06. The number of anilines is 3. The summed E-state index contributed by atoms with van der Waals surface area (Å²) in [5.74, 6) is 1.39. The maximum Gasteiger partial charge on any atom is 0.158 e. The third-order valence-corrected chi connectivity index (χ3v) is 4.72. The maximum absolute atomic E-state index is 5.92. The molecule has 1 aromatic carbocycles. The highest BCUT2D eigenvalue weighted by atomic mass is 127. The monoisotopic (exact) mass is 424 g/mol. The highest BCUT2D eigenvalue weighted by Crippen LogP contribution is 2.30. The van der Waals surface area contributed by atoms with Crippen LogP contribution in [-0.4, -0.2) is 29.1 Å². The molecule has 2 heterocycles. The number of nitrogens with one attached hydrogen (secondary N) is 2. The number of aromatic nitrogens is 2. The van der Waals surface area contributed by atoms with Gasteiger partial charge in [0.2, 0.25) is 0 Å². The van der Waals surface area contributed by atoms with Crippen LogP contribution in [0.15, 0.2) is 36.7 Å². The summed E-state index contributed by atoms with van der Waals surface area (Å²) in [7, 11) is 0.